The number of nitrogens with zero attached hydrogens (tertiary/aromatic N) is 7. The molecule has 0 aliphatic rings. The fourth-order valence-corrected chi connectivity index (χ4v) is 2.10. The Balaban J connectivity index is 2.14. The number of carboxylic acids is 1. The first kappa shape index (κ1) is 17.4. The SMILES string of the molecule is CC(C)(C)n1nnc(-c2ccc(CC(CC(=O)O)N=[N+]=[N-])cc2)n1. The number of carbonyl (C=O) groups is 1. The Labute approximate surface area is 138 Å². The van der Waals surface area contributed by atoms with Crippen LogP contribution in [0.2, 0.25) is 0 Å². The molecule has 9 nitrogen and oxygen atoms in total. The molecule has 1 atom stereocenters. The quantitative estimate of drug-likeness (QED) is 0.494. The van der Waals surface area contributed by atoms with Crippen LogP contribution in [0.3, 0.4) is 0 Å². The van der Waals surface area contributed by atoms with E-state index in [9.17, 15) is 4.79 Å². The third kappa shape index (κ3) is 4.53. The van der Waals surface area contributed by atoms with Gasteiger partial charge in [-0.25, -0.2) is 0 Å². The normalized spacial score (nSPS) is 12.5. The Bertz CT molecular complexity index is 755. The molecule has 0 saturated heterocycles. The molecule has 1 heterocycles. The number of hydrogen-bond donors (Lipinski definition) is 1. The molecular formula is C15H19N7O2. The van der Waals surface area contributed by atoms with Crippen molar-refractivity contribution in [3.05, 3.63) is 40.3 Å². The summed E-state index contributed by atoms with van der Waals surface area (Å²) in [5.41, 5.74) is 9.97. The zero-order valence-corrected chi connectivity index (χ0v) is 13.8. The van der Waals surface area contributed by atoms with Gasteiger partial charge >= 0.3 is 5.97 Å². The fraction of sp³-hybridized carbons (Fsp3) is 0.467. The second-order valence-corrected chi connectivity index (χ2v) is 6.43. The summed E-state index contributed by atoms with van der Waals surface area (Å²) in [5.74, 6) is -0.472. The van der Waals surface area contributed by atoms with Crippen LogP contribution in [0, 0.1) is 0 Å². The lowest BCUT2D eigenvalue weighted by Crippen LogP contribution is -2.24. The second-order valence-electron chi connectivity index (χ2n) is 6.43. The average Bonchev–Trinajstić information content (AvgIpc) is 2.97. The van der Waals surface area contributed by atoms with Crippen LogP contribution in [0.25, 0.3) is 21.8 Å². The van der Waals surface area contributed by atoms with Gasteiger partial charge in [0.25, 0.3) is 0 Å². The molecule has 9 heteroatoms. The molecule has 0 bridgehead atoms. The van der Waals surface area contributed by atoms with E-state index in [1.54, 1.807) is 4.80 Å². The number of rotatable bonds is 6. The summed E-state index contributed by atoms with van der Waals surface area (Å²) in [7, 11) is 0. The van der Waals surface area contributed by atoms with E-state index in [-0.39, 0.29) is 12.0 Å². The topological polar surface area (TPSA) is 130 Å². The third-order valence-electron chi connectivity index (χ3n) is 3.32. The van der Waals surface area contributed by atoms with Crippen molar-refractivity contribution in [1.29, 1.82) is 0 Å². The van der Waals surface area contributed by atoms with Crippen molar-refractivity contribution >= 4 is 5.97 Å². The first-order valence-electron chi connectivity index (χ1n) is 7.45. The highest BCUT2D eigenvalue weighted by atomic mass is 16.4. The van der Waals surface area contributed by atoms with Crippen molar-refractivity contribution in [2.45, 2.75) is 45.2 Å². The predicted molar refractivity (Wildman–Crippen MR) is 87.1 cm³/mol. The number of azide groups is 1. The molecule has 0 aliphatic carbocycles. The van der Waals surface area contributed by atoms with Crippen LogP contribution in [-0.4, -0.2) is 37.3 Å². The van der Waals surface area contributed by atoms with Crippen LogP contribution in [0.1, 0.15) is 32.8 Å². The first-order chi connectivity index (χ1) is 11.3. The zero-order valence-electron chi connectivity index (χ0n) is 13.8. The minimum Gasteiger partial charge on any atom is -0.481 e. The zero-order chi connectivity index (χ0) is 17.7. The molecular weight excluding hydrogens is 310 g/mol. The van der Waals surface area contributed by atoms with Gasteiger partial charge < -0.3 is 5.11 Å². The molecule has 0 amide bonds. The standard InChI is InChI=1S/C15H19N7O2/c1-15(2,3)22-19-14(18-21-22)11-6-4-10(5-7-11)8-12(17-20-16)9-13(23)24/h4-7,12H,8-9H2,1-3H3,(H,23,24). The summed E-state index contributed by atoms with van der Waals surface area (Å²) in [6.45, 7) is 5.96. The van der Waals surface area contributed by atoms with Crippen molar-refractivity contribution < 1.29 is 9.90 Å². The van der Waals surface area contributed by atoms with Crippen LogP contribution in [-0.2, 0) is 16.8 Å². The Morgan fingerprint density at radius 1 is 1.38 bits per heavy atom. The van der Waals surface area contributed by atoms with Crippen LogP contribution < -0.4 is 0 Å². The van der Waals surface area contributed by atoms with Gasteiger partial charge in [-0.1, -0.05) is 29.4 Å². The monoisotopic (exact) mass is 329 g/mol. The van der Waals surface area contributed by atoms with Gasteiger partial charge in [-0.15, -0.1) is 10.2 Å². The lowest BCUT2D eigenvalue weighted by molar-refractivity contribution is -0.137. The molecule has 1 aromatic carbocycles. The smallest absolute Gasteiger partial charge is 0.303 e. The molecule has 2 rings (SSSR count). The maximum Gasteiger partial charge on any atom is 0.303 e. The molecule has 1 aromatic heterocycles. The van der Waals surface area contributed by atoms with Crippen LogP contribution in [0.15, 0.2) is 29.4 Å². The molecule has 2 aromatic rings. The van der Waals surface area contributed by atoms with Crippen molar-refractivity contribution in [1.82, 2.24) is 20.2 Å². The minimum absolute atomic E-state index is 0.201. The molecule has 0 saturated carbocycles. The molecule has 126 valence electrons. The van der Waals surface area contributed by atoms with E-state index < -0.39 is 12.0 Å². The Morgan fingerprint density at radius 2 is 2.04 bits per heavy atom. The molecule has 0 aliphatic heterocycles. The summed E-state index contributed by atoms with van der Waals surface area (Å²) in [6, 6.07) is 6.75. The van der Waals surface area contributed by atoms with Gasteiger partial charge in [-0.2, -0.15) is 4.80 Å². The molecule has 1 unspecified atom stereocenters. The van der Waals surface area contributed by atoms with Gasteiger partial charge in [0.1, 0.15) is 0 Å². The van der Waals surface area contributed by atoms with Gasteiger partial charge in [0.2, 0.25) is 5.82 Å². The van der Waals surface area contributed by atoms with Crippen molar-refractivity contribution in [2.24, 2.45) is 5.11 Å². The summed E-state index contributed by atoms with van der Waals surface area (Å²) in [5, 5.41) is 24.8. The first-order valence-corrected chi connectivity index (χ1v) is 7.45. The Hall–Kier alpha value is -2.93. The number of hydrogen-bond acceptors (Lipinski definition) is 5. The second kappa shape index (κ2) is 7.10. The van der Waals surface area contributed by atoms with Crippen molar-refractivity contribution in [2.75, 3.05) is 0 Å². The fourth-order valence-electron chi connectivity index (χ4n) is 2.10. The molecule has 24 heavy (non-hydrogen) atoms. The van der Waals surface area contributed by atoms with Gasteiger partial charge in [-0.3, -0.25) is 4.79 Å². The number of tetrazole rings is 1. The lowest BCUT2D eigenvalue weighted by Gasteiger charge is -2.15. The minimum atomic E-state index is -0.994. The molecule has 0 radical (unpaired) electrons. The predicted octanol–water partition coefficient (Wildman–Crippen LogP) is 2.79. The Morgan fingerprint density at radius 3 is 2.54 bits per heavy atom. The molecule has 0 fully saturated rings. The lowest BCUT2D eigenvalue weighted by atomic mass is 10.0. The van der Waals surface area contributed by atoms with E-state index in [2.05, 4.69) is 25.4 Å². The van der Waals surface area contributed by atoms with Gasteiger partial charge in [0.05, 0.1) is 18.0 Å². The highest BCUT2D eigenvalue weighted by molar-refractivity contribution is 5.67. The van der Waals surface area contributed by atoms with Crippen LogP contribution in [0.4, 0.5) is 0 Å². The van der Waals surface area contributed by atoms with E-state index in [1.165, 1.54) is 0 Å². The summed E-state index contributed by atoms with van der Waals surface area (Å²) >= 11 is 0. The van der Waals surface area contributed by atoms with Crippen LogP contribution >= 0.6 is 0 Å². The maximum absolute atomic E-state index is 10.8. The van der Waals surface area contributed by atoms with E-state index >= 15 is 0 Å². The summed E-state index contributed by atoms with van der Waals surface area (Å²) < 4.78 is 0. The summed E-state index contributed by atoms with van der Waals surface area (Å²) in [4.78, 5) is 15.1. The maximum atomic E-state index is 10.8. The van der Waals surface area contributed by atoms with Crippen molar-refractivity contribution in [3.8, 4) is 11.4 Å². The largest absolute Gasteiger partial charge is 0.481 e. The average molecular weight is 329 g/mol. The van der Waals surface area contributed by atoms with Gasteiger partial charge in [0, 0.05) is 10.5 Å². The van der Waals surface area contributed by atoms with Gasteiger partial charge in [0.15, 0.2) is 0 Å². The van der Waals surface area contributed by atoms with E-state index in [0.717, 1.165) is 11.1 Å². The third-order valence-corrected chi connectivity index (χ3v) is 3.32. The van der Waals surface area contributed by atoms with Crippen molar-refractivity contribution in [3.63, 3.8) is 0 Å². The highest BCUT2D eigenvalue weighted by Gasteiger charge is 2.18. The molecule has 0 spiro atoms. The number of aromatic nitrogens is 4. The summed E-state index contributed by atoms with van der Waals surface area (Å²) in [6.07, 6.45) is 0.159. The Kier molecular flexibility index (Phi) is 5.15. The van der Waals surface area contributed by atoms with Gasteiger partial charge in [-0.05, 0) is 43.5 Å². The van der Waals surface area contributed by atoms with E-state index in [0.29, 0.717) is 12.2 Å². The van der Waals surface area contributed by atoms with Crippen LogP contribution in [0.5, 0.6) is 0 Å². The number of carboxylic acid groups (broad SMARTS) is 1. The van der Waals surface area contributed by atoms with E-state index in [4.69, 9.17) is 10.6 Å². The highest BCUT2D eigenvalue weighted by Crippen LogP contribution is 2.18. The number of aliphatic carboxylic acids is 1. The number of benzene rings is 1. The molecule has 1 N–H and O–H groups in total. The van der Waals surface area contributed by atoms with E-state index in [1.807, 2.05) is 45.0 Å².